The highest BCUT2D eigenvalue weighted by Gasteiger charge is 2.35. The molecule has 0 unspecified atom stereocenters. The molecule has 2 saturated heterocycles. The molecule has 2 aliphatic rings. The Labute approximate surface area is 199 Å². The Morgan fingerprint density at radius 3 is 2.54 bits per heavy atom. The van der Waals surface area contributed by atoms with E-state index in [4.69, 9.17) is 10.5 Å². The van der Waals surface area contributed by atoms with E-state index in [1.807, 2.05) is 4.90 Å². The summed E-state index contributed by atoms with van der Waals surface area (Å²) in [5, 5.41) is 6.56. The van der Waals surface area contributed by atoms with Gasteiger partial charge in [0, 0.05) is 44.1 Å². The molecule has 0 bridgehead atoms. The maximum Gasteiger partial charge on any atom is 0.418 e. The van der Waals surface area contributed by atoms with Gasteiger partial charge in [0.15, 0.2) is 5.65 Å². The summed E-state index contributed by atoms with van der Waals surface area (Å²) in [6.45, 7) is 3.39. The first kappa shape index (κ1) is 23.4. The highest BCUT2D eigenvalue weighted by molar-refractivity contribution is 6.08. The van der Waals surface area contributed by atoms with Crippen LogP contribution in [0.3, 0.4) is 0 Å². The van der Waals surface area contributed by atoms with Gasteiger partial charge in [0.25, 0.3) is 5.91 Å². The summed E-state index contributed by atoms with van der Waals surface area (Å²) >= 11 is 0. The highest BCUT2D eigenvalue weighted by atomic mass is 19.4. The lowest BCUT2D eigenvalue weighted by molar-refractivity contribution is -0.136. The number of nitrogens with zero attached hydrogens (tertiary/aromatic N) is 5. The van der Waals surface area contributed by atoms with Gasteiger partial charge in [-0.25, -0.2) is 9.50 Å². The van der Waals surface area contributed by atoms with Gasteiger partial charge in [0.1, 0.15) is 11.4 Å². The predicted molar refractivity (Wildman–Crippen MR) is 125 cm³/mol. The highest BCUT2D eigenvalue weighted by Crippen LogP contribution is 2.38. The molecule has 0 aliphatic carbocycles. The van der Waals surface area contributed by atoms with Gasteiger partial charge in [-0.15, -0.1) is 0 Å². The first-order valence-corrected chi connectivity index (χ1v) is 11.5. The van der Waals surface area contributed by atoms with Gasteiger partial charge in [0.05, 0.1) is 30.7 Å². The number of piperidine rings is 1. The third-order valence-corrected chi connectivity index (χ3v) is 6.40. The molecule has 0 saturated carbocycles. The van der Waals surface area contributed by atoms with Crippen LogP contribution in [0.4, 0.5) is 30.4 Å². The van der Waals surface area contributed by atoms with Crippen molar-refractivity contribution in [3.05, 3.63) is 47.8 Å². The Bertz CT molecular complexity index is 1220. The molecule has 0 spiro atoms. The summed E-state index contributed by atoms with van der Waals surface area (Å²) in [7, 11) is 0. The lowest BCUT2D eigenvalue weighted by Crippen LogP contribution is -2.40. The molecule has 1 aromatic carbocycles. The number of alkyl halides is 3. The second-order valence-corrected chi connectivity index (χ2v) is 8.72. The quantitative estimate of drug-likeness (QED) is 0.581. The molecule has 12 heteroatoms. The molecule has 35 heavy (non-hydrogen) atoms. The summed E-state index contributed by atoms with van der Waals surface area (Å²) < 4.78 is 48.4. The fourth-order valence-corrected chi connectivity index (χ4v) is 4.41. The van der Waals surface area contributed by atoms with Crippen LogP contribution < -0.4 is 20.9 Å². The molecular formula is C23H26F3N7O2. The standard InChI is InChI=1S/C23H26F3N7O2/c24-23(25,26)18-13-16(31-9-11-35-12-10-31)1-2-19(18)29-22(34)17-14-28-33-8-5-20(30-21(17)33)32-6-3-15(27)4-7-32/h1-2,5,8,13-15H,3-4,6-7,9-12,27H2,(H,29,34). The van der Waals surface area contributed by atoms with Crippen LogP contribution in [0.2, 0.25) is 0 Å². The molecule has 186 valence electrons. The van der Waals surface area contributed by atoms with Gasteiger partial charge < -0.3 is 25.6 Å². The second kappa shape index (κ2) is 9.34. The number of morpholine rings is 1. The molecule has 2 aromatic heterocycles. The minimum Gasteiger partial charge on any atom is -0.378 e. The molecule has 0 radical (unpaired) electrons. The zero-order valence-electron chi connectivity index (χ0n) is 19.0. The van der Waals surface area contributed by atoms with Gasteiger partial charge in [-0.2, -0.15) is 18.3 Å². The number of benzene rings is 1. The Balaban J connectivity index is 1.42. The molecule has 2 aliphatic heterocycles. The first-order chi connectivity index (χ1) is 16.8. The maximum atomic E-state index is 13.9. The van der Waals surface area contributed by atoms with Crippen LogP contribution in [0.25, 0.3) is 5.65 Å². The fraction of sp³-hybridized carbons (Fsp3) is 0.435. The topological polar surface area (TPSA) is 101 Å². The Morgan fingerprint density at radius 1 is 1.09 bits per heavy atom. The number of carbonyl (C=O) groups excluding carboxylic acids is 1. The van der Waals surface area contributed by atoms with E-state index >= 15 is 0 Å². The van der Waals surface area contributed by atoms with Crippen molar-refractivity contribution in [2.24, 2.45) is 5.73 Å². The van der Waals surface area contributed by atoms with Crippen LogP contribution in [0.1, 0.15) is 28.8 Å². The van der Waals surface area contributed by atoms with E-state index in [9.17, 15) is 18.0 Å². The summed E-state index contributed by atoms with van der Waals surface area (Å²) in [5.41, 5.74) is 5.54. The van der Waals surface area contributed by atoms with E-state index in [1.165, 1.54) is 16.8 Å². The number of carbonyl (C=O) groups is 1. The Kier molecular flexibility index (Phi) is 6.24. The predicted octanol–water partition coefficient (Wildman–Crippen LogP) is 2.76. The molecule has 2 fully saturated rings. The number of rotatable bonds is 4. The SMILES string of the molecule is NC1CCN(c2ccn3ncc(C(=O)Nc4ccc(N5CCOCC5)cc4C(F)(F)F)c3n2)CC1. The minimum absolute atomic E-state index is 0.0888. The number of hydrogen-bond acceptors (Lipinski definition) is 7. The number of nitrogens with one attached hydrogen (secondary N) is 1. The zero-order valence-corrected chi connectivity index (χ0v) is 19.0. The van der Waals surface area contributed by atoms with Gasteiger partial charge in [-0.05, 0) is 37.1 Å². The molecule has 3 aromatic rings. The van der Waals surface area contributed by atoms with Crippen molar-refractivity contribution in [3.63, 3.8) is 0 Å². The molecule has 0 atom stereocenters. The normalized spacial score (nSPS) is 17.7. The second-order valence-electron chi connectivity index (χ2n) is 8.72. The summed E-state index contributed by atoms with van der Waals surface area (Å²) in [5.74, 6) is -0.0419. The lowest BCUT2D eigenvalue weighted by Gasteiger charge is -2.31. The van der Waals surface area contributed by atoms with Crippen molar-refractivity contribution in [2.75, 3.05) is 54.5 Å². The smallest absolute Gasteiger partial charge is 0.378 e. The average Bonchev–Trinajstić information content (AvgIpc) is 3.28. The first-order valence-electron chi connectivity index (χ1n) is 11.5. The van der Waals surface area contributed by atoms with E-state index in [2.05, 4.69) is 20.3 Å². The number of nitrogens with two attached hydrogens (primary N) is 1. The zero-order chi connectivity index (χ0) is 24.6. The van der Waals surface area contributed by atoms with E-state index in [-0.39, 0.29) is 22.9 Å². The number of halogens is 3. The largest absolute Gasteiger partial charge is 0.418 e. The van der Waals surface area contributed by atoms with Crippen LogP contribution in [0.15, 0.2) is 36.7 Å². The third-order valence-electron chi connectivity index (χ3n) is 6.40. The lowest BCUT2D eigenvalue weighted by atomic mass is 10.1. The fourth-order valence-electron chi connectivity index (χ4n) is 4.41. The van der Waals surface area contributed by atoms with Crippen molar-refractivity contribution in [2.45, 2.75) is 25.1 Å². The number of ether oxygens (including phenoxy) is 1. The summed E-state index contributed by atoms with van der Waals surface area (Å²) in [6.07, 6.45) is 0.0109. The van der Waals surface area contributed by atoms with Gasteiger partial charge >= 0.3 is 6.18 Å². The average molecular weight is 490 g/mol. The van der Waals surface area contributed by atoms with Crippen molar-refractivity contribution < 1.29 is 22.7 Å². The number of hydrogen-bond donors (Lipinski definition) is 2. The van der Waals surface area contributed by atoms with E-state index in [0.29, 0.717) is 37.8 Å². The molecule has 4 heterocycles. The Morgan fingerprint density at radius 2 is 1.83 bits per heavy atom. The molecule has 5 rings (SSSR count). The van der Waals surface area contributed by atoms with Crippen LogP contribution in [0, 0.1) is 0 Å². The van der Waals surface area contributed by atoms with E-state index in [0.717, 1.165) is 32.0 Å². The number of fused-ring (bicyclic) bond motifs is 1. The molecular weight excluding hydrogens is 463 g/mol. The van der Waals surface area contributed by atoms with Crippen molar-refractivity contribution in [1.29, 1.82) is 0 Å². The molecule has 1 amide bonds. The van der Waals surface area contributed by atoms with Crippen molar-refractivity contribution in [3.8, 4) is 0 Å². The van der Waals surface area contributed by atoms with Gasteiger partial charge in [-0.1, -0.05) is 0 Å². The van der Waals surface area contributed by atoms with E-state index in [1.54, 1.807) is 18.3 Å². The van der Waals surface area contributed by atoms with Crippen molar-refractivity contribution >= 4 is 28.7 Å². The van der Waals surface area contributed by atoms with Crippen LogP contribution in [-0.4, -0.2) is 65.9 Å². The van der Waals surface area contributed by atoms with Crippen LogP contribution in [-0.2, 0) is 10.9 Å². The van der Waals surface area contributed by atoms with Crippen LogP contribution in [0.5, 0.6) is 0 Å². The number of amides is 1. The van der Waals surface area contributed by atoms with Crippen LogP contribution >= 0.6 is 0 Å². The van der Waals surface area contributed by atoms with Gasteiger partial charge in [0.2, 0.25) is 0 Å². The summed E-state index contributed by atoms with van der Waals surface area (Å²) in [6, 6.07) is 5.87. The summed E-state index contributed by atoms with van der Waals surface area (Å²) in [4.78, 5) is 21.5. The third kappa shape index (κ3) is 4.89. The number of aromatic nitrogens is 3. The molecule has 3 N–H and O–H groups in total. The monoisotopic (exact) mass is 489 g/mol. The molecule has 9 nitrogen and oxygen atoms in total. The van der Waals surface area contributed by atoms with Gasteiger partial charge in [-0.3, -0.25) is 4.79 Å². The van der Waals surface area contributed by atoms with Crippen molar-refractivity contribution in [1.82, 2.24) is 14.6 Å². The van der Waals surface area contributed by atoms with E-state index < -0.39 is 17.6 Å². The number of anilines is 3. The minimum atomic E-state index is -4.65. The maximum absolute atomic E-state index is 13.9. The Hall–Kier alpha value is -3.38.